The van der Waals surface area contributed by atoms with Crippen molar-refractivity contribution < 1.29 is 19.1 Å². The largest absolute Gasteiger partial charge is 0.492 e. The van der Waals surface area contributed by atoms with E-state index in [0.717, 1.165) is 10.5 Å². The monoisotopic (exact) mass is 475 g/mol. The van der Waals surface area contributed by atoms with Gasteiger partial charge in [-0.05, 0) is 42.8 Å². The molecule has 0 fully saturated rings. The van der Waals surface area contributed by atoms with Crippen molar-refractivity contribution in [2.45, 2.75) is 13.5 Å². The van der Waals surface area contributed by atoms with Crippen LogP contribution in [0, 0.1) is 0 Å². The lowest BCUT2D eigenvalue weighted by molar-refractivity contribution is -0.138. The predicted molar refractivity (Wildman–Crippen MR) is 131 cm³/mol. The van der Waals surface area contributed by atoms with E-state index in [2.05, 4.69) is 10.6 Å². The number of amides is 3. The quantitative estimate of drug-likeness (QED) is 0.458. The van der Waals surface area contributed by atoms with Gasteiger partial charge in [0, 0.05) is 11.3 Å². The highest BCUT2D eigenvalue weighted by Gasteiger charge is 2.37. The van der Waals surface area contributed by atoms with Crippen LogP contribution in [-0.4, -0.2) is 29.2 Å². The van der Waals surface area contributed by atoms with Crippen LogP contribution >= 0.6 is 11.6 Å². The first-order valence-electron chi connectivity index (χ1n) is 10.7. The summed E-state index contributed by atoms with van der Waals surface area (Å²) >= 11 is 6.20. The maximum Gasteiger partial charge on any atom is 0.279 e. The number of nitrogens with zero attached hydrogens (tertiary/aromatic N) is 1. The van der Waals surface area contributed by atoms with Gasteiger partial charge in [0.05, 0.1) is 18.8 Å². The first kappa shape index (κ1) is 23.1. The highest BCUT2D eigenvalue weighted by molar-refractivity contribution is 6.48. The number of hydrogen-bond donors (Lipinski definition) is 2. The number of nitrogens with one attached hydrogen (secondary N) is 2. The fourth-order valence-corrected chi connectivity index (χ4v) is 3.72. The van der Waals surface area contributed by atoms with Crippen LogP contribution in [0.3, 0.4) is 0 Å². The number of benzene rings is 3. The van der Waals surface area contributed by atoms with Crippen molar-refractivity contribution in [2.75, 3.05) is 17.2 Å². The van der Waals surface area contributed by atoms with Gasteiger partial charge in [0.2, 0.25) is 0 Å². The molecule has 7 nitrogen and oxygen atoms in total. The summed E-state index contributed by atoms with van der Waals surface area (Å²) in [6.07, 6.45) is 0. The summed E-state index contributed by atoms with van der Waals surface area (Å²) in [4.78, 5) is 39.4. The summed E-state index contributed by atoms with van der Waals surface area (Å²) in [5, 5.41) is 5.55. The number of halogens is 1. The lowest BCUT2D eigenvalue weighted by Crippen LogP contribution is -2.31. The topological polar surface area (TPSA) is 87.7 Å². The van der Waals surface area contributed by atoms with E-state index in [0.29, 0.717) is 29.3 Å². The SMILES string of the molecule is CCOc1ccccc1NC(=O)c1cccc(NC2=C(Cl)C(=O)N(Cc3ccccc3)C2=O)c1. The number of ether oxygens (including phenoxy) is 1. The van der Waals surface area contributed by atoms with Crippen LogP contribution in [0.1, 0.15) is 22.8 Å². The zero-order chi connectivity index (χ0) is 24.1. The minimum Gasteiger partial charge on any atom is -0.492 e. The Balaban J connectivity index is 1.49. The molecular weight excluding hydrogens is 454 g/mol. The van der Waals surface area contributed by atoms with Crippen LogP contribution in [0.15, 0.2) is 89.6 Å². The molecule has 1 heterocycles. The van der Waals surface area contributed by atoms with E-state index in [1.807, 2.05) is 43.3 Å². The lowest BCUT2D eigenvalue weighted by Gasteiger charge is -2.15. The second kappa shape index (κ2) is 10.2. The molecule has 0 bridgehead atoms. The van der Waals surface area contributed by atoms with Gasteiger partial charge in [-0.2, -0.15) is 0 Å². The molecule has 34 heavy (non-hydrogen) atoms. The summed E-state index contributed by atoms with van der Waals surface area (Å²) in [7, 11) is 0. The molecule has 0 aliphatic carbocycles. The van der Waals surface area contributed by atoms with Gasteiger partial charge in [-0.15, -0.1) is 0 Å². The lowest BCUT2D eigenvalue weighted by atomic mass is 10.1. The second-order valence-corrected chi connectivity index (χ2v) is 7.84. The van der Waals surface area contributed by atoms with Crippen LogP contribution < -0.4 is 15.4 Å². The molecule has 0 radical (unpaired) electrons. The zero-order valence-electron chi connectivity index (χ0n) is 18.4. The Morgan fingerprint density at radius 2 is 1.68 bits per heavy atom. The van der Waals surface area contributed by atoms with E-state index in [1.54, 1.807) is 42.5 Å². The van der Waals surface area contributed by atoms with Crippen molar-refractivity contribution in [1.82, 2.24) is 4.90 Å². The fraction of sp³-hybridized carbons (Fsp3) is 0.115. The summed E-state index contributed by atoms with van der Waals surface area (Å²) in [5.41, 5.74) is 2.13. The van der Waals surface area contributed by atoms with Crippen LogP contribution in [0.25, 0.3) is 0 Å². The number of para-hydroxylation sites is 2. The minimum atomic E-state index is -0.570. The third kappa shape index (κ3) is 4.94. The molecule has 0 spiro atoms. The average molecular weight is 476 g/mol. The smallest absolute Gasteiger partial charge is 0.279 e. The molecule has 3 aromatic rings. The molecule has 0 unspecified atom stereocenters. The van der Waals surface area contributed by atoms with E-state index in [4.69, 9.17) is 16.3 Å². The van der Waals surface area contributed by atoms with Crippen molar-refractivity contribution in [3.63, 3.8) is 0 Å². The Kier molecular flexibility index (Phi) is 6.94. The zero-order valence-corrected chi connectivity index (χ0v) is 19.1. The van der Waals surface area contributed by atoms with Crippen molar-refractivity contribution in [3.8, 4) is 5.75 Å². The third-order valence-corrected chi connectivity index (χ3v) is 5.47. The maximum atomic E-state index is 12.9. The molecule has 0 atom stereocenters. The van der Waals surface area contributed by atoms with Gasteiger partial charge in [0.1, 0.15) is 16.5 Å². The Morgan fingerprint density at radius 3 is 2.44 bits per heavy atom. The first-order valence-corrected chi connectivity index (χ1v) is 11.1. The van der Waals surface area contributed by atoms with Gasteiger partial charge < -0.3 is 15.4 Å². The Bertz CT molecular complexity index is 1270. The number of carbonyl (C=O) groups excluding carboxylic acids is 3. The van der Waals surface area contributed by atoms with Gasteiger partial charge >= 0.3 is 0 Å². The molecule has 0 saturated carbocycles. The van der Waals surface area contributed by atoms with Crippen molar-refractivity contribution in [1.29, 1.82) is 0 Å². The summed E-state index contributed by atoms with van der Waals surface area (Å²) in [5.74, 6) is -0.882. The number of carbonyl (C=O) groups is 3. The van der Waals surface area contributed by atoms with Gasteiger partial charge in [0.25, 0.3) is 17.7 Å². The molecule has 1 aliphatic heterocycles. The fourth-order valence-electron chi connectivity index (χ4n) is 3.49. The Labute approximate surface area is 202 Å². The minimum absolute atomic E-state index is 0.0261. The molecule has 3 amide bonds. The number of imide groups is 1. The molecule has 4 rings (SSSR count). The standard InChI is InChI=1S/C26H22ClN3O4/c1-2-34-21-14-7-6-13-20(21)29-24(31)18-11-8-12-19(15-18)28-23-22(27)25(32)30(26(23)33)16-17-9-4-3-5-10-17/h3-15,28H,2,16H2,1H3,(H,29,31). The summed E-state index contributed by atoms with van der Waals surface area (Å²) in [6, 6.07) is 22.9. The molecule has 0 aromatic heterocycles. The summed E-state index contributed by atoms with van der Waals surface area (Å²) < 4.78 is 5.55. The van der Waals surface area contributed by atoms with E-state index in [1.165, 1.54) is 0 Å². The molecule has 8 heteroatoms. The van der Waals surface area contributed by atoms with Crippen molar-refractivity contribution in [3.05, 3.63) is 101 Å². The Morgan fingerprint density at radius 1 is 0.941 bits per heavy atom. The van der Waals surface area contributed by atoms with E-state index < -0.39 is 11.8 Å². The van der Waals surface area contributed by atoms with Crippen LogP contribution in [0.2, 0.25) is 0 Å². The van der Waals surface area contributed by atoms with E-state index >= 15 is 0 Å². The highest BCUT2D eigenvalue weighted by Crippen LogP contribution is 2.28. The number of anilines is 2. The van der Waals surface area contributed by atoms with Crippen LogP contribution in [0.5, 0.6) is 5.75 Å². The summed E-state index contributed by atoms with van der Waals surface area (Å²) in [6.45, 7) is 2.45. The normalized spacial score (nSPS) is 13.3. The van der Waals surface area contributed by atoms with Crippen molar-refractivity contribution >= 4 is 40.7 Å². The molecular formula is C26H22ClN3O4. The van der Waals surface area contributed by atoms with Gasteiger partial charge in [-0.3, -0.25) is 19.3 Å². The Hall–Kier alpha value is -4.10. The molecule has 1 aliphatic rings. The van der Waals surface area contributed by atoms with Gasteiger partial charge in [0.15, 0.2) is 0 Å². The van der Waals surface area contributed by atoms with Crippen LogP contribution in [-0.2, 0) is 16.1 Å². The number of rotatable bonds is 8. The van der Waals surface area contributed by atoms with Gasteiger partial charge in [-0.25, -0.2) is 0 Å². The molecule has 2 N–H and O–H groups in total. The van der Waals surface area contributed by atoms with E-state index in [-0.39, 0.29) is 23.2 Å². The molecule has 0 saturated heterocycles. The predicted octanol–water partition coefficient (Wildman–Crippen LogP) is 4.77. The van der Waals surface area contributed by atoms with Crippen LogP contribution in [0.4, 0.5) is 11.4 Å². The average Bonchev–Trinajstić information content (AvgIpc) is 3.05. The third-order valence-electron chi connectivity index (χ3n) is 5.12. The number of hydrogen-bond acceptors (Lipinski definition) is 5. The first-order chi connectivity index (χ1) is 16.5. The molecule has 172 valence electrons. The highest BCUT2D eigenvalue weighted by atomic mass is 35.5. The van der Waals surface area contributed by atoms with Crippen molar-refractivity contribution in [2.24, 2.45) is 0 Å². The maximum absolute atomic E-state index is 12.9. The molecule has 3 aromatic carbocycles. The second-order valence-electron chi connectivity index (χ2n) is 7.46. The van der Waals surface area contributed by atoms with Gasteiger partial charge in [-0.1, -0.05) is 60.1 Å². The van der Waals surface area contributed by atoms with E-state index in [9.17, 15) is 14.4 Å².